The maximum atomic E-state index is 6.16. The lowest BCUT2D eigenvalue weighted by atomic mass is 9.93. The van der Waals surface area contributed by atoms with E-state index >= 15 is 0 Å². The summed E-state index contributed by atoms with van der Waals surface area (Å²) in [5.74, 6) is 0.986. The highest BCUT2D eigenvalue weighted by Gasteiger charge is 2.22. The molecule has 0 radical (unpaired) electrons. The Labute approximate surface area is 134 Å². The van der Waals surface area contributed by atoms with E-state index in [1.807, 2.05) is 24.4 Å². The van der Waals surface area contributed by atoms with Gasteiger partial charge in [-0.15, -0.1) is 0 Å². The molecule has 23 heavy (non-hydrogen) atoms. The summed E-state index contributed by atoms with van der Waals surface area (Å²) in [4.78, 5) is 4.67. The van der Waals surface area contributed by atoms with Crippen LogP contribution in [0, 0.1) is 0 Å². The lowest BCUT2D eigenvalue weighted by Gasteiger charge is -2.12. The molecule has 2 aromatic carbocycles. The number of aromatic nitrogens is 1. The third-order valence-electron chi connectivity index (χ3n) is 4.59. The molecule has 0 saturated carbocycles. The van der Waals surface area contributed by atoms with Gasteiger partial charge in [0.2, 0.25) is 0 Å². The standard InChI is InChI=1S/C21H15NO/c1-2-7-15-13-22-19(12-14(15)6-1)18-10-5-9-17-16-8-3-4-11-20(16)23-21(17)18/h1-4,6-8,10-13H,5,9H2. The van der Waals surface area contributed by atoms with Crippen LogP contribution in [-0.2, 0) is 6.42 Å². The van der Waals surface area contributed by atoms with E-state index in [0.717, 1.165) is 40.8 Å². The predicted octanol–water partition coefficient (Wildman–Crippen LogP) is 5.36. The van der Waals surface area contributed by atoms with E-state index in [-0.39, 0.29) is 0 Å². The van der Waals surface area contributed by atoms with Crippen molar-refractivity contribution in [1.82, 2.24) is 4.98 Å². The summed E-state index contributed by atoms with van der Waals surface area (Å²) in [6.45, 7) is 0. The Hall–Kier alpha value is -2.87. The van der Waals surface area contributed by atoms with E-state index in [4.69, 9.17) is 4.42 Å². The summed E-state index contributed by atoms with van der Waals surface area (Å²) in [6.07, 6.45) is 6.26. The monoisotopic (exact) mass is 297 g/mol. The zero-order valence-corrected chi connectivity index (χ0v) is 12.6. The van der Waals surface area contributed by atoms with Crippen molar-refractivity contribution in [3.8, 4) is 0 Å². The minimum Gasteiger partial charge on any atom is -0.456 e. The van der Waals surface area contributed by atoms with Gasteiger partial charge in [0.1, 0.15) is 11.3 Å². The normalized spacial score (nSPS) is 14.0. The number of hydrogen-bond donors (Lipinski definition) is 0. The number of nitrogens with zero attached hydrogens (tertiary/aromatic N) is 1. The topological polar surface area (TPSA) is 26.0 Å². The van der Waals surface area contributed by atoms with Crippen molar-refractivity contribution in [3.05, 3.63) is 83.9 Å². The fraction of sp³-hybridized carbons (Fsp3) is 0.0952. The second-order valence-electron chi connectivity index (χ2n) is 5.98. The number of allylic oxidation sites excluding steroid dienone is 1. The molecule has 5 rings (SSSR count). The molecule has 0 N–H and O–H groups in total. The highest BCUT2D eigenvalue weighted by Crippen LogP contribution is 2.38. The maximum Gasteiger partial charge on any atom is 0.140 e. The van der Waals surface area contributed by atoms with Crippen molar-refractivity contribution in [2.45, 2.75) is 12.8 Å². The SMILES string of the molecule is C1=C(c2cc3ccccc3cn2)c2oc3ccccc3c2CC1. The average molecular weight is 297 g/mol. The van der Waals surface area contributed by atoms with Crippen LogP contribution in [0.1, 0.15) is 23.4 Å². The molecule has 0 aliphatic heterocycles. The van der Waals surface area contributed by atoms with Gasteiger partial charge in [-0.2, -0.15) is 0 Å². The van der Waals surface area contributed by atoms with E-state index in [1.165, 1.54) is 16.3 Å². The predicted molar refractivity (Wildman–Crippen MR) is 93.4 cm³/mol. The summed E-state index contributed by atoms with van der Waals surface area (Å²) in [5, 5.41) is 3.60. The van der Waals surface area contributed by atoms with Crippen molar-refractivity contribution >= 4 is 27.3 Å². The van der Waals surface area contributed by atoms with Crippen molar-refractivity contribution < 1.29 is 4.42 Å². The second kappa shape index (κ2) is 4.82. The Morgan fingerprint density at radius 3 is 2.70 bits per heavy atom. The number of rotatable bonds is 1. The Bertz CT molecular complexity index is 1070. The third-order valence-corrected chi connectivity index (χ3v) is 4.59. The van der Waals surface area contributed by atoms with E-state index in [0.29, 0.717) is 0 Å². The number of benzene rings is 2. The first-order chi connectivity index (χ1) is 11.4. The lowest BCUT2D eigenvalue weighted by Crippen LogP contribution is -1.99. The number of fused-ring (bicyclic) bond motifs is 4. The van der Waals surface area contributed by atoms with Crippen molar-refractivity contribution in [2.24, 2.45) is 0 Å². The second-order valence-corrected chi connectivity index (χ2v) is 5.98. The van der Waals surface area contributed by atoms with Crippen LogP contribution < -0.4 is 0 Å². The number of hydrogen-bond acceptors (Lipinski definition) is 2. The van der Waals surface area contributed by atoms with Gasteiger partial charge < -0.3 is 4.42 Å². The molecule has 0 bridgehead atoms. The minimum absolute atomic E-state index is 0.964. The third kappa shape index (κ3) is 1.92. The van der Waals surface area contributed by atoms with Gasteiger partial charge in [-0.25, -0.2) is 0 Å². The summed E-state index contributed by atoms with van der Waals surface area (Å²) >= 11 is 0. The molecule has 1 aliphatic carbocycles. The average Bonchev–Trinajstić information content (AvgIpc) is 3.00. The molecular weight excluding hydrogens is 282 g/mol. The first-order valence-corrected chi connectivity index (χ1v) is 7.96. The molecule has 2 heterocycles. The Kier molecular flexibility index (Phi) is 2.65. The fourth-order valence-corrected chi connectivity index (χ4v) is 3.47. The van der Waals surface area contributed by atoms with Gasteiger partial charge in [-0.05, 0) is 30.4 Å². The van der Waals surface area contributed by atoms with E-state index < -0.39 is 0 Å². The molecule has 2 heteroatoms. The minimum atomic E-state index is 0.964. The van der Waals surface area contributed by atoms with Crippen LogP contribution in [0.5, 0.6) is 0 Å². The van der Waals surface area contributed by atoms with Gasteiger partial charge >= 0.3 is 0 Å². The molecular formula is C21H15NO. The maximum absolute atomic E-state index is 6.16. The van der Waals surface area contributed by atoms with Crippen LogP contribution in [0.3, 0.4) is 0 Å². The summed E-state index contributed by atoms with van der Waals surface area (Å²) in [6, 6.07) is 18.8. The zero-order valence-electron chi connectivity index (χ0n) is 12.6. The first-order valence-electron chi connectivity index (χ1n) is 7.96. The fourth-order valence-electron chi connectivity index (χ4n) is 3.47. The van der Waals surface area contributed by atoms with Crippen LogP contribution >= 0.6 is 0 Å². The Morgan fingerprint density at radius 2 is 1.74 bits per heavy atom. The molecule has 2 aromatic heterocycles. The summed E-state index contributed by atoms with van der Waals surface area (Å²) < 4.78 is 6.16. The molecule has 0 atom stereocenters. The first kappa shape index (κ1) is 12.7. The van der Waals surface area contributed by atoms with Crippen molar-refractivity contribution in [3.63, 3.8) is 0 Å². The van der Waals surface area contributed by atoms with Crippen molar-refractivity contribution in [1.29, 1.82) is 0 Å². The molecule has 0 amide bonds. The number of para-hydroxylation sites is 1. The van der Waals surface area contributed by atoms with Crippen LogP contribution in [-0.4, -0.2) is 4.98 Å². The van der Waals surface area contributed by atoms with E-state index in [1.54, 1.807) is 0 Å². The Morgan fingerprint density at radius 1 is 0.913 bits per heavy atom. The summed E-state index contributed by atoms with van der Waals surface area (Å²) in [5.41, 5.74) is 4.39. The van der Waals surface area contributed by atoms with Crippen LogP contribution in [0.2, 0.25) is 0 Å². The highest BCUT2D eigenvalue weighted by molar-refractivity contribution is 5.92. The van der Waals surface area contributed by atoms with Gasteiger partial charge in [-0.3, -0.25) is 4.98 Å². The molecule has 4 aromatic rings. The quantitative estimate of drug-likeness (QED) is 0.473. The molecule has 2 nitrogen and oxygen atoms in total. The summed E-state index contributed by atoms with van der Waals surface area (Å²) in [7, 11) is 0. The molecule has 0 fully saturated rings. The smallest absolute Gasteiger partial charge is 0.140 e. The van der Waals surface area contributed by atoms with Crippen LogP contribution in [0.4, 0.5) is 0 Å². The van der Waals surface area contributed by atoms with E-state index in [9.17, 15) is 0 Å². The number of furan rings is 1. The van der Waals surface area contributed by atoms with E-state index in [2.05, 4.69) is 47.5 Å². The van der Waals surface area contributed by atoms with Crippen LogP contribution in [0.25, 0.3) is 27.3 Å². The molecule has 0 unspecified atom stereocenters. The van der Waals surface area contributed by atoms with Gasteiger partial charge in [-0.1, -0.05) is 48.5 Å². The Balaban J connectivity index is 1.73. The number of aryl methyl sites for hydroxylation is 1. The van der Waals surface area contributed by atoms with Crippen LogP contribution in [0.15, 0.2) is 71.3 Å². The number of pyridine rings is 1. The largest absolute Gasteiger partial charge is 0.456 e. The van der Waals surface area contributed by atoms with Gasteiger partial charge in [0.25, 0.3) is 0 Å². The van der Waals surface area contributed by atoms with Crippen molar-refractivity contribution in [2.75, 3.05) is 0 Å². The van der Waals surface area contributed by atoms with Gasteiger partial charge in [0.15, 0.2) is 0 Å². The molecule has 110 valence electrons. The molecule has 1 aliphatic rings. The highest BCUT2D eigenvalue weighted by atomic mass is 16.3. The van der Waals surface area contributed by atoms with Gasteiger partial charge in [0, 0.05) is 28.1 Å². The zero-order chi connectivity index (χ0) is 15.2. The lowest BCUT2D eigenvalue weighted by molar-refractivity contribution is 0.590. The molecule has 0 saturated heterocycles. The van der Waals surface area contributed by atoms with Gasteiger partial charge in [0.05, 0.1) is 5.69 Å². The molecule has 0 spiro atoms.